The van der Waals surface area contributed by atoms with Crippen LogP contribution >= 0.6 is 0 Å². The van der Waals surface area contributed by atoms with Gasteiger partial charge >= 0.3 is 0 Å². The van der Waals surface area contributed by atoms with E-state index in [1.54, 1.807) is 0 Å². The van der Waals surface area contributed by atoms with Crippen LogP contribution in [0.4, 0.5) is 5.69 Å². The van der Waals surface area contributed by atoms with Crippen molar-refractivity contribution in [3.8, 4) is 0 Å². The van der Waals surface area contributed by atoms with E-state index in [0.29, 0.717) is 0 Å². The molecule has 0 radical (unpaired) electrons. The summed E-state index contributed by atoms with van der Waals surface area (Å²) < 4.78 is 0. The number of benzene rings is 1. The first-order valence-corrected chi connectivity index (χ1v) is 5.05. The molecule has 0 aliphatic heterocycles. The zero-order valence-corrected chi connectivity index (χ0v) is 8.85. The molecule has 1 aromatic rings. The molecule has 0 bridgehead atoms. The second-order valence-electron chi connectivity index (χ2n) is 3.45. The molecule has 0 aromatic heterocycles. The van der Waals surface area contributed by atoms with Gasteiger partial charge in [-0.25, -0.2) is 0 Å². The second-order valence-corrected chi connectivity index (χ2v) is 3.45. The van der Waals surface area contributed by atoms with Crippen LogP contribution in [-0.4, -0.2) is 7.05 Å². The molecule has 0 unspecified atom stereocenters. The number of rotatable bonds is 4. The molecule has 0 fully saturated rings. The Bertz CT molecular complexity index is 266. The maximum Gasteiger partial charge on any atom is 0.0372 e. The van der Waals surface area contributed by atoms with Crippen LogP contribution in [0.15, 0.2) is 18.2 Å². The topological polar surface area (TPSA) is 12.0 Å². The minimum Gasteiger partial charge on any atom is -0.388 e. The number of hydrogen-bond donors (Lipinski definition) is 1. The number of anilines is 1. The summed E-state index contributed by atoms with van der Waals surface area (Å²) in [7, 11) is 1.99. The van der Waals surface area contributed by atoms with Gasteiger partial charge in [0.1, 0.15) is 0 Å². The van der Waals surface area contributed by atoms with Crippen molar-refractivity contribution in [2.45, 2.75) is 33.1 Å². The van der Waals surface area contributed by atoms with E-state index in [1.165, 1.54) is 36.1 Å². The highest BCUT2D eigenvalue weighted by Gasteiger charge is 2.02. The van der Waals surface area contributed by atoms with Gasteiger partial charge in [-0.15, -0.1) is 0 Å². The van der Waals surface area contributed by atoms with Gasteiger partial charge in [-0.05, 0) is 37.0 Å². The highest BCUT2D eigenvalue weighted by molar-refractivity contribution is 5.54. The van der Waals surface area contributed by atoms with Crippen LogP contribution < -0.4 is 5.32 Å². The van der Waals surface area contributed by atoms with E-state index in [4.69, 9.17) is 0 Å². The van der Waals surface area contributed by atoms with Gasteiger partial charge < -0.3 is 5.32 Å². The lowest BCUT2D eigenvalue weighted by molar-refractivity contribution is 0.792. The zero-order valence-electron chi connectivity index (χ0n) is 8.85. The van der Waals surface area contributed by atoms with Gasteiger partial charge in [0.25, 0.3) is 0 Å². The molecule has 0 aliphatic rings. The summed E-state index contributed by atoms with van der Waals surface area (Å²) in [6.45, 7) is 4.42. The lowest BCUT2D eigenvalue weighted by Crippen LogP contribution is -1.97. The van der Waals surface area contributed by atoms with E-state index in [1.807, 2.05) is 7.05 Å². The SMILES string of the molecule is CCCCc1c(C)cccc1NC. The first-order valence-electron chi connectivity index (χ1n) is 5.05. The summed E-state index contributed by atoms with van der Waals surface area (Å²) in [5, 5.41) is 3.25. The third kappa shape index (κ3) is 2.48. The average molecular weight is 177 g/mol. The Morgan fingerprint density at radius 3 is 2.69 bits per heavy atom. The van der Waals surface area contributed by atoms with Crippen LogP contribution in [0.2, 0.25) is 0 Å². The molecule has 72 valence electrons. The molecular formula is C12H19N. The van der Waals surface area contributed by atoms with E-state index in [0.717, 1.165) is 0 Å². The fraction of sp³-hybridized carbons (Fsp3) is 0.500. The van der Waals surface area contributed by atoms with Crippen molar-refractivity contribution in [3.63, 3.8) is 0 Å². The third-order valence-electron chi connectivity index (χ3n) is 2.46. The summed E-state index contributed by atoms with van der Waals surface area (Å²) in [5.74, 6) is 0. The molecule has 1 N–H and O–H groups in total. The lowest BCUT2D eigenvalue weighted by atomic mass is 10.0. The first kappa shape index (κ1) is 10.1. The van der Waals surface area contributed by atoms with Crippen LogP contribution in [0.5, 0.6) is 0 Å². The standard InChI is InChI=1S/C12H19N/c1-4-5-8-11-10(2)7-6-9-12(11)13-3/h6-7,9,13H,4-5,8H2,1-3H3. The number of nitrogens with one attached hydrogen (secondary N) is 1. The Kier molecular flexibility index (Phi) is 3.81. The van der Waals surface area contributed by atoms with Crippen LogP contribution in [-0.2, 0) is 6.42 Å². The molecule has 1 nitrogen and oxygen atoms in total. The minimum absolute atomic E-state index is 1.19. The van der Waals surface area contributed by atoms with Crippen molar-refractivity contribution in [2.24, 2.45) is 0 Å². The summed E-state index contributed by atoms with van der Waals surface area (Å²) in [6, 6.07) is 6.44. The Hall–Kier alpha value is -0.980. The monoisotopic (exact) mass is 177 g/mol. The van der Waals surface area contributed by atoms with Crippen molar-refractivity contribution < 1.29 is 0 Å². The van der Waals surface area contributed by atoms with Crippen LogP contribution in [0.25, 0.3) is 0 Å². The molecular weight excluding hydrogens is 158 g/mol. The van der Waals surface area contributed by atoms with Gasteiger partial charge in [0.05, 0.1) is 0 Å². The molecule has 1 aromatic carbocycles. The number of aryl methyl sites for hydroxylation is 1. The van der Waals surface area contributed by atoms with Crippen molar-refractivity contribution in [3.05, 3.63) is 29.3 Å². The average Bonchev–Trinajstić information content (AvgIpc) is 2.15. The quantitative estimate of drug-likeness (QED) is 0.743. The molecule has 0 aliphatic carbocycles. The molecule has 0 spiro atoms. The second kappa shape index (κ2) is 4.90. The fourth-order valence-electron chi connectivity index (χ4n) is 1.62. The predicted molar refractivity (Wildman–Crippen MR) is 59.3 cm³/mol. The van der Waals surface area contributed by atoms with E-state index >= 15 is 0 Å². The zero-order chi connectivity index (χ0) is 9.68. The maximum atomic E-state index is 3.25. The summed E-state index contributed by atoms with van der Waals surface area (Å²) in [4.78, 5) is 0. The molecule has 0 saturated carbocycles. The summed E-state index contributed by atoms with van der Waals surface area (Å²) in [6.07, 6.45) is 3.73. The van der Waals surface area contributed by atoms with Gasteiger partial charge in [0.15, 0.2) is 0 Å². The van der Waals surface area contributed by atoms with Gasteiger partial charge in [-0.1, -0.05) is 25.5 Å². The van der Waals surface area contributed by atoms with Crippen LogP contribution in [0.1, 0.15) is 30.9 Å². The van der Waals surface area contributed by atoms with Crippen molar-refractivity contribution >= 4 is 5.69 Å². The van der Waals surface area contributed by atoms with Crippen LogP contribution in [0.3, 0.4) is 0 Å². The van der Waals surface area contributed by atoms with Crippen molar-refractivity contribution in [2.75, 3.05) is 12.4 Å². The van der Waals surface area contributed by atoms with E-state index in [-0.39, 0.29) is 0 Å². The van der Waals surface area contributed by atoms with Crippen molar-refractivity contribution in [1.82, 2.24) is 0 Å². The number of unbranched alkanes of at least 4 members (excludes halogenated alkanes) is 1. The largest absolute Gasteiger partial charge is 0.388 e. The Morgan fingerprint density at radius 1 is 1.31 bits per heavy atom. The van der Waals surface area contributed by atoms with Crippen LogP contribution in [0, 0.1) is 6.92 Å². The fourth-order valence-corrected chi connectivity index (χ4v) is 1.62. The van der Waals surface area contributed by atoms with Gasteiger partial charge in [-0.2, -0.15) is 0 Å². The Balaban J connectivity index is 2.87. The smallest absolute Gasteiger partial charge is 0.0372 e. The number of hydrogen-bond acceptors (Lipinski definition) is 1. The summed E-state index contributed by atoms with van der Waals surface area (Å²) >= 11 is 0. The molecule has 1 rings (SSSR count). The highest BCUT2D eigenvalue weighted by Crippen LogP contribution is 2.20. The molecule has 1 heteroatoms. The lowest BCUT2D eigenvalue weighted by Gasteiger charge is -2.11. The van der Waals surface area contributed by atoms with E-state index < -0.39 is 0 Å². The predicted octanol–water partition coefficient (Wildman–Crippen LogP) is 3.38. The normalized spacial score (nSPS) is 10.1. The molecule has 13 heavy (non-hydrogen) atoms. The maximum absolute atomic E-state index is 3.25. The Morgan fingerprint density at radius 2 is 2.08 bits per heavy atom. The Labute approximate surface area is 81.2 Å². The molecule has 0 amide bonds. The molecule has 0 heterocycles. The molecule has 0 saturated heterocycles. The summed E-state index contributed by atoms with van der Waals surface area (Å²) in [5.41, 5.74) is 4.17. The van der Waals surface area contributed by atoms with E-state index in [2.05, 4.69) is 37.4 Å². The minimum atomic E-state index is 1.19. The van der Waals surface area contributed by atoms with Gasteiger partial charge in [-0.3, -0.25) is 0 Å². The highest BCUT2D eigenvalue weighted by atomic mass is 14.8. The van der Waals surface area contributed by atoms with Gasteiger partial charge in [0, 0.05) is 12.7 Å². The van der Waals surface area contributed by atoms with Gasteiger partial charge in [0.2, 0.25) is 0 Å². The third-order valence-corrected chi connectivity index (χ3v) is 2.46. The first-order chi connectivity index (χ1) is 6.29. The van der Waals surface area contributed by atoms with Crippen molar-refractivity contribution in [1.29, 1.82) is 0 Å². The molecule has 0 atom stereocenters. The van der Waals surface area contributed by atoms with E-state index in [9.17, 15) is 0 Å².